The molecule has 23 heavy (non-hydrogen) atoms. The van der Waals surface area contributed by atoms with E-state index in [1.54, 1.807) is 24.3 Å². The van der Waals surface area contributed by atoms with E-state index in [1.807, 2.05) is 24.6 Å². The quantitative estimate of drug-likeness (QED) is 0.636. The Hall–Kier alpha value is -2.63. The summed E-state index contributed by atoms with van der Waals surface area (Å²) in [4.78, 5) is 23.0. The van der Waals surface area contributed by atoms with Gasteiger partial charge in [-0.3, -0.25) is 9.48 Å². The maximum absolute atomic E-state index is 11.8. The van der Waals surface area contributed by atoms with Crippen molar-refractivity contribution < 1.29 is 9.59 Å². The van der Waals surface area contributed by atoms with Gasteiger partial charge in [-0.1, -0.05) is 0 Å². The number of anilines is 1. The van der Waals surface area contributed by atoms with E-state index in [2.05, 4.69) is 15.7 Å². The summed E-state index contributed by atoms with van der Waals surface area (Å²) in [5.41, 5.74) is 3.41. The molecule has 0 saturated heterocycles. The maximum Gasteiger partial charge on any atom is 0.319 e. The van der Waals surface area contributed by atoms with Crippen LogP contribution in [0.15, 0.2) is 30.3 Å². The fourth-order valence-electron chi connectivity index (χ4n) is 2.30. The fraction of sp³-hybridized carbons (Fsp3) is 0.353. The summed E-state index contributed by atoms with van der Waals surface area (Å²) in [5, 5.41) is 9.92. The Morgan fingerprint density at radius 3 is 2.43 bits per heavy atom. The molecule has 0 aliphatic heterocycles. The summed E-state index contributed by atoms with van der Waals surface area (Å²) >= 11 is 0. The molecule has 1 aromatic heterocycles. The van der Waals surface area contributed by atoms with E-state index < -0.39 is 0 Å². The number of benzene rings is 1. The van der Waals surface area contributed by atoms with Crippen molar-refractivity contribution in [2.75, 3.05) is 11.9 Å². The van der Waals surface area contributed by atoms with Crippen LogP contribution in [-0.2, 0) is 6.54 Å². The number of rotatable bonds is 6. The van der Waals surface area contributed by atoms with Crippen molar-refractivity contribution in [3.63, 3.8) is 0 Å². The lowest BCUT2D eigenvalue weighted by atomic mass is 10.1. The second-order valence-electron chi connectivity index (χ2n) is 5.52. The second-order valence-corrected chi connectivity index (χ2v) is 5.52. The molecule has 2 N–H and O–H groups in total. The molecule has 2 aromatic rings. The molecule has 0 radical (unpaired) electrons. The lowest BCUT2D eigenvalue weighted by Crippen LogP contribution is -2.30. The zero-order valence-corrected chi connectivity index (χ0v) is 13.7. The molecule has 2 rings (SSSR count). The van der Waals surface area contributed by atoms with Crippen LogP contribution in [0.4, 0.5) is 10.5 Å². The normalized spacial score (nSPS) is 10.4. The van der Waals surface area contributed by atoms with Crippen molar-refractivity contribution in [3.05, 3.63) is 47.3 Å². The Morgan fingerprint density at radius 1 is 1.17 bits per heavy atom. The second kappa shape index (κ2) is 7.58. The van der Waals surface area contributed by atoms with E-state index in [-0.39, 0.29) is 11.8 Å². The summed E-state index contributed by atoms with van der Waals surface area (Å²) in [6.07, 6.45) is 0.804. The predicted molar refractivity (Wildman–Crippen MR) is 89.8 cm³/mol. The standard InChI is InChI=1S/C17H22N4O2/c1-12-11-13(2)21(20-12)10-4-9-18-17(23)19-16-7-5-15(6-8-16)14(3)22/h5-8,11H,4,9-10H2,1-3H3,(H2,18,19,23). The third kappa shape index (κ3) is 4.95. The first kappa shape index (κ1) is 16.7. The molecular formula is C17H22N4O2. The number of hydrogen-bond acceptors (Lipinski definition) is 3. The van der Waals surface area contributed by atoms with Gasteiger partial charge in [0, 0.05) is 30.0 Å². The van der Waals surface area contributed by atoms with Gasteiger partial charge in [-0.15, -0.1) is 0 Å². The SMILES string of the molecule is CC(=O)c1ccc(NC(=O)NCCCn2nc(C)cc2C)cc1. The van der Waals surface area contributed by atoms with E-state index in [0.717, 1.165) is 24.4 Å². The summed E-state index contributed by atoms with van der Waals surface area (Å²) in [6.45, 7) is 6.83. The Bertz CT molecular complexity index is 689. The smallest absolute Gasteiger partial charge is 0.319 e. The highest BCUT2D eigenvalue weighted by Gasteiger charge is 2.04. The lowest BCUT2D eigenvalue weighted by molar-refractivity contribution is 0.101. The van der Waals surface area contributed by atoms with E-state index in [4.69, 9.17) is 0 Å². The molecular weight excluding hydrogens is 292 g/mol. The summed E-state index contributed by atoms with van der Waals surface area (Å²) in [7, 11) is 0. The number of carbonyl (C=O) groups is 2. The zero-order chi connectivity index (χ0) is 16.8. The lowest BCUT2D eigenvalue weighted by Gasteiger charge is -2.08. The van der Waals surface area contributed by atoms with Crippen molar-refractivity contribution in [2.24, 2.45) is 0 Å². The molecule has 2 amide bonds. The molecule has 0 fully saturated rings. The van der Waals surface area contributed by atoms with Gasteiger partial charge in [0.15, 0.2) is 5.78 Å². The monoisotopic (exact) mass is 314 g/mol. The van der Waals surface area contributed by atoms with Crippen molar-refractivity contribution in [1.29, 1.82) is 0 Å². The minimum absolute atomic E-state index is 0.00477. The van der Waals surface area contributed by atoms with Crippen LogP contribution >= 0.6 is 0 Å². The fourth-order valence-corrected chi connectivity index (χ4v) is 2.30. The number of aryl methyl sites for hydroxylation is 3. The van der Waals surface area contributed by atoms with Gasteiger partial charge in [-0.25, -0.2) is 4.79 Å². The molecule has 0 unspecified atom stereocenters. The molecule has 0 aliphatic carbocycles. The summed E-state index contributed by atoms with van der Waals surface area (Å²) < 4.78 is 1.94. The first-order valence-corrected chi connectivity index (χ1v) is 7.62. The van der Waals surface area contributed by atoms with E-state index in [9.17, 15) is 9.59 Å². The number of nitrogens with zero attached hydrogens (tertiary/aromatic N) is 2. The third-order valence-electron chi connectivity index (χ3n) is 3.48. The Balaban J connectivity index is 1.72. The highest BCUT2D eigenvalue weighted by molar-refractivity contribution is 5.95. The average Bonchev–Trinajstić information content (AvgIpc) is 2.82. The van der Waals surface area contributed by atoms with Gasteiger partial charge in [-0.2, -0.15) is 5.10 Å². The number of amides is 2. The van der Waals surface area contributed by atoms with Crippen LogP contribution < -0.4 is 10.6 Å². The van der Waals surface area contributed by atoms with Crippen LogP contribution in [0.3, 0.4) is 0 Å². The van der Waals surface area contributed by atoms with Gasteiger partial charge in [-0.05, 0) is 57.5 Å². The maximum atomic E-state index is 11.8. The Morgan fingerprint density at radius 2 is 1.87 bits per heavy atom. The van der Waals surface area contributed by atoms with Crippen LogP contribution in [0.25, 0.3) is 0 Å². The van der Waals surface area contributed by atoms with Crippen molar-refractivity contribution >= 4 is 17.5 Å². The van der Waals surface area contributed by atoms with Gasteiger partial charge < -0.3 is 10.6 Å². The number of aromatic nitrogens is 2. The molecule has 1 aromatic carbocycles. The molecule has 122 valence electrons. The number of hydrogen-bond donors (Lipinski definition) is 2. The molecule has 0 aliphatic rings. The molecule has 1 heterocycles. The molecule has 0 atom stereocenters. The Labute approximate surface area is 135 Å². The van der Waals surface area contributed by atoms with Gasteiger partial charge in [0.25, 0.3) is 0 Å². The van der Waals surface area contributed by atoms with Crippen molar-refractivity contribution in [2.45, 2.75) is 33.7 Å². The number of carbonyl (C=O) groups excluding carboxylic acids is 2. The molecule has 6 nitrogen and oxygen atoms in total. The molecule has 6 heteroatoms. The van der Waals surface area contributed by atoms with Crippen molar-refractivity contribution in [3.8, 4) is 0 Å². The highest BCUT2D eigenvalue weighted by Crippen LogP contribution is 2.09. The highest BCUT2D eigenvalue weighted by atomic mass is 16.2. The zero-order valence-electron chi connectivity index (χ0n) is 13.7. The number of urea groups is 1. The first-order valence-electron chi connectivity index (χ1n) is 7.62. The predicted octanol–water partition coefficient (Wildman–Crippen LogP) is 2.91. The van der Waals surface area contributed by atoms with E-state index >= 15 is 0 Å². The van der Waals surface area contributed by atoms with Gasteiger partial charge in [0.2, 0.25) is 0 Å². The van der Waals surface area contributed by atoms with Crippen LogP contribution in [0.1, 0.15) is 35.1 Å². The summed E-state index contributed by atoms with van der Waals surface area (Å²) in [6, 6.07) is 8.60. The van der Waals surface area contributed by atoms with Gasteiger partial charge >= 0.3 is 6.03 Å². The molecule has 0 saturated carbocycles. The molecule has 0 bridgehead atoms. The van der Waals surface area contributed by atoms with Crippen molar-refractivity contribution in [1.82, 2.24) is 15.1 Å². The topological polar surface area (TPSA) is 76.0 Å². The van der Waals surface area contributed by atoms with E-state index in [0.29, 0.717) is 17.8 Å². The number of Topliss-reactive ketones (excluding diaryl/α,β-unsaturated/α-hetero) is 1. The van der Waals surface area contributed by atoms with Gasteiger partial charge in [0.1, 0.15) is 0 Å². The molecule has 0 spiro atoms. The average molecular weight is 314 g/mol. The minimum Gasteiger partial charge on any atom is -0.338 e. The largest absolute Gasteiger partial charge is 0.338 e. The first-order chi connectivity index (χ1) is 11.0. The van der Waals surface area contributed by atoms with Crippen LogP contribution in [0.5, 0.6) is 0 Å². The van der Waals surface area contributed by atoms with Crippen LogP contribution in [0.2, 0.25) is 0 Å². The van der Waals surface area contributed by atoms with Gasteiger partial charge in [0.05, 0.1) is 5.69 Å². The van der Waals surface area contributed by atoms with Crippen LogP contribution in [0, 0.1) is 13.8 Å². The summed E-state index contributed by atoms with van der Waals surface area (Å²) in [5.74, 6) is 0.00477. The van der Waals surface area contributed by atoms with Crippen LogP contribution in [-0.4, -0.2) is 28.1 Å². The Kier molecular flexibility index (Phi) is 5.51. The van der Waals surface area contributed by atoms with E-state index in [1.165, 1.54) is 6.92 Å². The minimum atomic E-state index is -0.256. The number of ketones is 1. The third-order valence-corrected chi connectivity index (χ3v) is 3.48. The number of nitrogens with one attached hydrogen (secondary N) is 2.